The van der Waals surface area contributed by atoms with Gasteiger partial charge in [0, 0.05) is 19.6 Å². The summed E-state index contributed by atoms with van der Waals surface area (Å²) < 4.78 is 5.51. The molecular weight excluding hydrogens is 360 g/mol. The van der Waals surface area contributed by atoms with Crippen LogP contribution in [0.2, 0.25) is 0 Å². The zero-order chi connectivity index (χ0) is 20.3. The monoisotopic (exact) mass is 388 g/mol. The highest BCUT2D eigenvalue weighted by molar-refractivity contribution is 5.90. The van der Waals surface area contributed by atoms with Crippen molar-refractivity contribution in [3.63, 3.8) is 0 Å². The van der Waals surface area contributed by atoms with Crippen molar-refractivity contribution >= 4 is 18.0 Å². The van der Waals surface area contributed by atoms with Gasteiger partial charge in [0.25, 0.3) is 0 Å². The van der Waals surface area contributed by atoms with Gasteiger partial charge in [0.15, 0.2) is 0 Å². The van der Waals surface area contributed by atoms with Crippen LogP contribution in [0.25, 0.3) is 0 Å². The second-order valence-corrected chi connectivity index (χ2v) is 8.12. The Labute approximate surface area is 165 Å². The molecular formula is C21H28N2O5. The van der Waals surface area contributed by atoms with Crippen LogP contribution in [0.1, 0.15) is 38.7 Å². The number of hydrogen-bond donors (Lipinski definition) is 1. The molecule has 1 spiro atoms. The molecule has 2 amide bonds. The van der Waals surface area contributed by atoms with Crippen molar-refractivity contribution in [1.29, 1.82) is 0 Å². The summed E-state index contributed by atoms with van der Waals surface area (Å²) >= 11 is 0. The number of rotatable bonds is 5. The zero-order valence-corrected chi connectivity index (χ0v) is 16.5. The molecule has 7 heteroatoms. The zero-order valence-electron chi connectivity index (χ0n) is 16.5. The molecule has 0 aromatic heterocycles. The van der Waals surface area contributed by atoms with E-state index in [9.17, 15) is 19.5 Å². The van der Waals surface area contributed by atoms with E-state index in [0.29, 0.717) is 32.4 Å². The Balaban J connectivity index is 1.71. The minimum atomic E-state index is -0.993. The third kappa shape index (κ3) is 3.98. The molecule has 1 aromatic rings. The van der Waals surface area contributed by atoms with Gasteiger partial charge in [0.05, 0.1) is 5.41 Å². The van der Waals surface area contributed by atoms with Crippen LogP contribution in [0.4, 0.5) is 4.79 Å². The first-order valence-corrected chi connectivity index (χ1v) is 9.83. The summed E-state index contributed by atoms with van der Waals surface area (Å²) in [7, 11) is 0. The molecule has 1 N–H and O–H groups in total. The third-order valence-corrected chi connectivity index (χ3v) is 5.83. The van der Waals surface area contributed by atoms with Crippen molar-refractivity contribution in [2.24, 2.45) is 11.3 Å². The molecule has 3 rings (SSSR count). The smallest absolute Gasteiger partial charge is 0.407 e. The van der Waals surface area contributed by atoms with Crippen LogP contribution >= 0.6 is 0 Å². The van der Waals surface area contributed by atoms with Crippen molar-refractivity contribution in [3.8, 4) is 0 Å². The van der Waals surface area contributed by atoms with E-state index >= 15 is 0 Å². The fourth-order valence-electron chi connectivity index (χ4n) is 4.36. The largest absolute Gasteiger partial charge is 0.465 e. The van der Waals surface area contributed by atoms with Gasteiger partial charge in [-0.1, -0.05) is 44.2 Å². The van der Waals surface area contributed by atoms with Crippen molar-refractivity contribution in [2.45, 2.75) is 45.8 Å². The number of likely N-dealkylation sites (tertiary alicyclic amines) is 2. The van der Waals surface area contributed by atoms with E-state index in [-0.39, 0.29) is 25.0 Å². The van der Waals surface area contributed by atoms with E-state index in [4.69, 9.17) is 4.74 Å². The predicted molar refractivity (Wildman–Crippen MR) is 102 cm³/mol. The fraction of sp³-hybridized carbons (Fsp3) is 0.571. The molecule has 152 valence electrons. The molecule has 1 unspecified atom stereocenters. The second kappa shape index (κ2) is 8.20. The number of hydrogen-bond acceptors (Lipinski definition) is 4. The average Bonchev–Trinajstić information content (AvgIpc) is 2.97. The van der Waals surface area contributed by atoms with E-state index in [2.05, 4.69) is 0 Å². The first-order valence-electron chi connectivity index (χ1n) is 9.83. The number of ether oxygens (including phenoxy) is 1. The lowest BCUT2D eigenvalue weighted by atomic mass is 9.78. The highest BCUT2D eigenvalue weighted by Crippen LogP contribution is 2.41. The van der Waals surface area contributed by atoms with Gasteiger partial charge >= 0.3 is 12.1 Å². The number of amides is 2. The topological polar surface area (TPSA) is 87.2 Å². The molecule has 2 fully saturated rings. The summed E-state index contributed by atoms with van der Waals surface area (Å²) in [4.78, 5) is 40.4. The Morgan fingerprint density at radius 3 is 2.54 bits per heavy atom. The van der Waals surface area contributed by atoms with Crippen LogP contribution < -0.4 is 0 Å². The molecule has 0 aliphatic carbocycles. The highest BCUT2D eigenvalue weighted by atomic mass is 16.5. The Bertz CT molecular complexity index is 736. The number of piperidine rings is 1. The van der Waals surface area contributed by atoms with Crippen LogP contribution in [0.3, 0.4) is 0 Å². The normalized spacial score (nSPS) is 23.3. The number of nitrogens with zero attached hydrogens (tertiary/aromatic N) is 2. The van der Waals surface area contributed by atoms with Crippen LogP contribution in [-0.4, -0.2) is 58.6 Å². The first kappa shape index (κ1) is 20.2. The van der Waals surface area contributed by atoms with E-state index in [1.165, 1.54) is 4.90 Å². The standard InChI is InChI=1S/C21H28N2O5/c1-15(2)17(18(24)28-13-16-7-4-3-5-8-16)23-12-10-21(19(23)25)9-6-11-22(14-21)20(26)27/h3-5,7-8,15,17H,6,9-14H2,1-2H3,(H,26,27)/t17?,21-/m0/s1. The molecule has 2 aliphatic heterocycles. The maximum absolute atomic E-state index is 13.3. The lowest BCUT2D eigenvalue weighted by Crippen LogP contribution is -2.53. The van der Waals surface area contributed by atoms with Crippen LogP contribution in [0.15, 0.2) is 30.3 Å². The van der Waals surface area contributed by atoms with Crippen LogP contribution in [-0.2, 0) is 20.9 Å². The van der Waals surface area contributed by atoms with E-state index in [0.717, 1.165) is 5.56 Å². The van der Waals surface area contributed by atoms with Crippen molar-refractivity contribution in [3.05, 3.63) is 35.9 Å². The fourth-order valence-corrected chi connectivity index (χ4v) is 4.36. The Morgan fingerprint density at radius 2 is 1.89 bits per heavy atom. The maximum Gasteiger partial charge on any atom is 0.407 e. The molecule has 7 nitrogen and oxygen atoms in total. The van der Waals surface area contributed by atoms with Gasteiger partial charge in [-0.2, -0.15) is 0 Å². The van der Waals surface area contributed by atoms with Gasteiger partial charge in [0.2, 0.25) is 5.91 Å². The Morgan fingerprint density at radius 1 is 1.18 bits per heavy atom. The number of benzene rings is 1. The minimum absolute atomic E-state index is 0.0958. The van der Waals surface area contributed by atoms with Crippen molar-refractivity contribution < 1.29 is 24.2 Å². The van der Waals surface area contributed by atoms with Crippen LogP contribution in [0, 0.1) is 11.3 Å². The number of carbonyl (C=O) groups excluding carboxylic acids is 2. The summed E-state index contributed by atoms with van der Waals surface area (Å²) in [6.45, 7) is 5.09. The minimum Gasteiger partial charge on any atom is -0.465 e. The summed E-state index contributed by atoms with van der Waals surface area (Å²) in [5.74, 6) is -0.620. The molecule has 2 aliphatic rings. The van der Waals surface area contributed by atoms with Crippen LogP contribution in [0.5, 0.6) is 0 Å². The Kier molecular flexibility index (Phi) is 5.91. The molecule has 28 heavy (non-hydrogen) atoms. The summed E-state index contributed by atoms with van der Waals surface area (Å²) in [5.41, 5.74) is 0.190. The summed E-state index contributed by atoms with van der Waals surface area (Å²) in [6.07, 6.45) is 0.908. The molecule has 0 bridgehead atoms. The number of carboxylic acid groups (broad SMARTS) is 1. The van der Waals surface area contributed by atoms with Gasteiger partial charge in [-0.3, -0.25) is 4.79 Å². The molecule has 0 saturated carbocycles. The number of esters is 1. The van der Waals surface area contributed by atoms with Gasteiger partial charge < -0.3 is 19.6 Å². The SMILES string of the molecule is CC(C)C(C(=O)OCc1ccccc1)N1CC[C@]2(CCCN(C(=O)O)C2)C1=O. The molecule has 2 heterocycles. The van der Waals surface area contributed by atoms with Crippen molar-refractivity contribution in [2.75, 3.05) is 19.6 Å². The summed E-state index contributed by atoms with van der Waals surface area (Å²) in [5, 5.41) is 9.32. The molecule has 2 saturated heterocycles. The Hall–Kier alpha value is -2.57. The molecule has 2 atom stereocenters. The molecule has 1 aromatic carbocycles. The van der Waals surface area contributed by atoms with Gasteiger partial charge in [-0.25, -0.2) is 9.59 Å². The number of carbonyl (C=O) groups is 3. The quantitative estimate of drug-likeness (QED) is 0.784. The first-order chi connectivity index (χ1) is 13.3. The van der Waals surface area contributed by atoms with Gasteiger partial charge in [-0.05, 0) is 30.7 Å². The van der Waals surface area contributed by atoms with Gasteiger partial charge in [-0.15, -0.1) is 0 Å². The summed E-state index contributed by atoms with van der Waals surface area (Å²) in [6, 6.07) is 8.78. The van der Waals surface area contributed by atoms with Gasteiger partial charge in [0.1, 0.15) is 12.6 Å². The lowest BCUT2D eigenvalue weighted by molar-refractivity contribution is -0.159. The highest BCUT2D eigenvalue weighted by Gasteiger charge is 2.52. The van der Waals surface area contributed by atoms with E-state index in [1.807, 2.05) is 44.2 Å². The molecule has 0 radical (unpaired) electrons. The third-order valence-electron chi connectivity index (χ3n) is 5.83. The predicted octanol–water partition coefficient (Wildman–Crippen LogP) is 2.75. The maximum atomic E-state index is 13.3. The van der Waals surface area contributed by atoms with E-state index in [1.54, 1.807) is 4.90 Å². The van der Waals surface area contributed by atoms with Crippen molar-refractivity contribution in [1.82, 2.24) is 9.80 Å². The average molecular weight is 388 g/mol. The second-order valence-electron chi connectivity index (χ2n) is 8.12. The van der Waals surface area contributed by atoms with E-state index < -0.39 is 23.5 Å². The lowest BCUT2D eigenvalue weighted by Gasteiger charge is -2.38.